The Hall–Kier alpha value is -0.380. The van der Waals surface area contributed by atoms with Crippen LogP contribution < -0.4 is 5.32 Å². The summed E-state index contributed by atoms with van der Waals surface area (Å²) in [5.74, 6) is 0. The molecule has 2 nitrogen and oxygen atoms in total. The van der Waals surface area contributed by atoms with Crippen molar-refractivity contribution in [2.24, 2.45) is 0 Å². The normalized spacial score (nSPS) is 24.3. The third-order valence-electron chi connectivity index (χ3n) is 5.20. The summed E-state index contributed by atoms with van der Waals surface area (Å²) < 4.78 is 0. The maximum Gasteiger partial charge on any atom is 0.0601 e. The lowest BCUT2D eigenvalue weighted by Gasteiger charge is -2.45. The summed E-state index contributed by atoms with van der Waals surface area (Å²) in [6, 6.07) is 5.19. The first-order valence-electron chi connectivity index (χ1n) is 8.31. The first-order valence-corrected chi connectivity index (χ1v) is 9.13. The number of nitrogens with one attached hydrogen (secondary N) is 1. The van der Waals surface area contributed by atoms with E-state index in [1.165, 1.54) is 56.5 Å². The van der Waals surface area contributed by atoms with Crippen LogP contribution in [0, 0.1) is 6.92 Å². The van der Waals surface area contributed by atoms with Crippen molar-refractivity contribution >= 4 is 11.3 Å². The summed E-state index contributed by atoms with van der Waals surface area (Å²) in [6.45, 7) is 8.17. The van der Waals surface area contributed by atoms with Crippen LogP contribution in [0.4, 0.5) is 0 Å². The number of thiophene rings is 1. The van der Waals surface area contributed by atoms with E-state index in [1.54, 1.807) is 4.88 Å². The predicted molar refractivity (Wildman–Crippen MR) is 87.5 cm³/mol. The van der Waals surface area contributed by atoms with Crippen molar-refractivity contribution in [2.45, 2.75) is 64.0 Å². The highest BCUT2D eigenvalue weighted by molar-refractivity contribution is 7.12. The van der Waals surface area contributed by atoms with Gasteiger partial charge in [-0.25, -0.2) is 0 Å². The van der Waals surface area contributed by atoms with Gasteiger partial charge in [-0.1, -0.05) is 19.8 Å². The number of rotatable bonds is 5. The van der Waals surface area contributed by atoms with Crippen molar-refractivity contribution in [3.05, 3.63) is 21.9 Å². The molecule has 20 heavy (non-hydrogen) atoms. The van der Waals surface area contributed by atoms with Crippen molar-refractivity contribution in [3.63, 3.8) is 0 Å². The third-order valence-corrected chi connectivity index (χ3v) is 6.26. The van der Waals surface area contributed by atoms with Crippen molar-refractivity contribution in [1.82, 2.24) is 10.2 Å². The van der Waals surface area contributed by atoms with Crippen LogP contribution in [0.5, 0.6) is 0 Å². The Morgan fingerprint density at radius 3 is 2.45 bits per heavy atom. The van der Waals surface area contributed by atoms with E-state index in [0.717, 1.165) is 6.54 Å². The Labute approximate surface area is 127 Å². The lowest BCUT2D eigenvalue weighted by molar-refractivity contribution is 0.0784. The quantitative estimate of drug-likeness (QED) is 0.878. The molecule has 1 saturated carbocycles. The second-order valence-electron chi connectivity index (χ2n) is 6.44. The molecule has 0 amide bonds. The van der Waals surface area contributed by atoms with E-state index >= 15 is 0 Å². The number of likely N-dealkylation sites (tertiary alicyclic amines) is 1. The number of hydrogen-bond donors (Lipinski definition) is 1. The maximum absolute atomic E-state index is 3.84. The van der Waals surface area contributed by atoms with Gasteiger partial charge in [-0.05, 0) is 64.4 Å². The number of nitrogens with zero attached hydrogens (tertiary/aromatic N) is 1. The highest BCUT2D eigenvalue weighted by atomic mass is 32.1. The van der Waals surface area contributed by atoms with Gasteiger partial charge >= 0.3 is 0 Å². The van der Waals surface area contributed by atoms with E-state index in [-0.39, 0.29) is 0 Å². The van der Waals surface area contributed by atoms with Gasteiger partial charge in [0, 0.05) is 15.3 Å². The van der Waals surface area contributed by atoms with Crippen LogP contribution in [0.2, 0.25) is 0 Å². The number of aryl methyl sites for hydroxylation is 1. The van der Waals surface area contributed by atoms with E-state index in [1.807, 2.05) is 11.3 Å². The van der Waals surface area contributed by atoms with Crippen molar-refractivity contribution in [3.8, 4) is 0 Å². The lowest BCUT2D eigenvalue weighted by atomic mass is 9.85. The van der Waals surface area contributed by atoms with Gasteiger partial charge in [0.25, 0.3) is 0 Å². The summed E-state index contributed by atoms with van der Waals surface area (Å²) >= 11 is 1.99. The van der Waals surface area contributed by atoms with Crippen LogP contribution in [0.15, 0.2) is 12.1 Å². The summed E-state index contributed by atoms with van der Waals surface area (Å²) in [6.07, 6.45) is 8.35. The van der Waals surface area contributed by atoms with Gasteiger partial charge in [0.1, 0.15) is 0 Å². The Morgan fingerprint density at radius 1 is 1.20 bits per heavy atom. The van der Waals surface area contributed by atoms with E-state index in [4.69, 9.17) is 0 Å². The van der Waals surface area contributed by atoms with Crippen molar-refractivity contribution in [2.75, 3.05) is 19.6 Å². The molecule has 0 spiro atoms. The Balaban J connectivity index is 1.93. The molecule has 1 aromatic heterocycles. The molecule has 1 unspecified atom stereocenters. The zero-order chi connectivity index (χ0) is 14.0. The highest BCUT2D eigenvalue weighted by Crippen LogP contribution is 2.47. The van der Waals surface area contributed by atoms with E-state index in [9.17, 15) is 0 Å². The molecule has 3 rings (SSSR count). The molecule has 0 radical (unpaired) electrons. The molecule has 1 N–H and O–H groups in total. The highest BCUT2D eigenvalue weighted by Gasteiger charge is 2.47. The average Bonchev–Trinajstić information content (AvgIpc) is 3.17. The zero-order valence-electron chi connectivity index (χ0n) is 13.0. The monoisotopic (exact) mass is 292 g/mol. The molecule has 3 heteroatoms. The molecule has 1 aliphatic carbocycles. The van der Waals surface area contributed by atoms with Gasteiger partial charge in [0.2, 0.25) is 0 Å². The second kappa shape index (κ2) is 6.17. The third kappa shape index (κ3) is 2.56. The SMILES string of the molecule is CCNC(c1ccc(C)s1)C1(N2CCCC2)CCCC1. The second-order valence-corrected chi connectivity index (χ2v) is 7.76. The van der Waals surface area contributed by atoms with E-state index in [2.05, 4.69) is 36.2 Å². The Bertz CT molecular complexity index is 428. The fraction of sp³-hybridized carbons (Fsp3) is 0.765. The topological polar surface area (TPSA) is 15.3 Å². The fourth-order valence-corrected chi connectivity index (χ4v) is 5.37. The molecule has 2 fully saturated rings. The maximum atomic E-state index is 3.84. The number of likely N-dealkylation sites (N-methyl/N-ethyl adjacent to an activating group) is 1. The average molecular weight is 292 g/mol. The first kappa shape index (κ1) is 14.6. The molecule has 2 aliphatic rings. The molecule has 2 heterocycles. The Kier molecular flexibility index (Phi) is 4.49. The Morgan fingerprint density at radius 2 is 1.90 bits per heavy atom. The molecule has 1 aromatic rings. The van der Waals surface area contributed by atoms with Crippen LogP contribution in [-0.2, 0) is 0 Å². The van der Waals surface area contributed by atoms with E-state index < -0.39 is 0 Å². The smallest absolute Gasteiger partial charge is 0.0601 e. The van der Waals surface area contributed by atoms with Crippen LogP contribution in [-0.4, -0.2) is 30.1 Å². The van der Waals surface area contributed by atoms with Gasteiger partial charge in [0.05, 0.1) is 6.04 Å². The molecule has 1 atom stereocenters. The van der Waals surface area contributed by atoms with Gasteiger partial charge in [0.15, 0.2) is 0 Å². The minimum absolute atomic E-state index is 0.393. The van der Waals surface area contributed by atoms with E-state index in [0.29, 0.717) is 11.6 Å². The minimum atomic E-state index is 0.393. The summed E-state index contributed by atoms with van der Waals surface area (Å²) in [4.78, 5) is 5.82. The molecular weight excluding hydrogens is 264 g/mol. The van der Waals surface area contributed by atoms with Crippen LogP contribution >= 0.6 is 11.3 Å². The molecule has 0 bridgehead atoms. The largest absolute Gasteiger partial charge is 0.308 e. The van der Waals surface area contributed by atoms with Gasteiger partial charge in [-0.2, -0.15) is 0 Å². The van der Waals surface area contributed by atoms with Crippen molar-refractivity contribution < 1.29 is 0 Å². The number of hydrogen-bond acceptors (Lipinski definition) is 3. The standard InChI is InChI=1S/C17H28N2S/c1-3-18-16(15-9-8-14(2)20-15)17(10-4-5-11-17)19-12-6-7-13-19/h8-9,16,18H,3-7,10-13H2,1-2H3. The van der Waals surface area contributed by atoms with Crippen LogP contribution in [0.25, 0.3) is 0 Å². The first-order chi connectivity index (χ1) is 9.76. The van der Waals surface area contributed by atoms with Gasteiger partial charge < -0.3 is 5.32 Å². The molecule has 112 valence electrons. The zero-order valence-corrected chi connectivity index (χ0v) is 13.8. The fourth-order valence-electron chi connectivity index (χ4n) is 4.31. The van der Waals surface area contributed by atoms with Crippen molar-refractivity contribution in [1.29, 1.82) is 0 Å². The lowest BCUT2D eigenvalue weighted by Crippen LogP contribution is -2.53. The molecule has 0 aromatic carbocycles. The minimum Gasteiger partial charge on any atom is -0.308 e. The van der Waals surface area contributed by atoms with Crippen LogP contribution in [0.3, 0.4) is 0 Å². The summed E-state index contributed by atoms with van der Waals surface area (Å²) in [7, 11) is 0. The van der Waals surface area contributed by atoms with Crippen LogP contribution in [0.1, 0.15) is 61.2 Å². The molecule has 1 aliphatic heterocycles. The van der Waals surface area contributed by atoms with Gasteiger partial charge in [-0.3, -0.25) is 4.90 Å². The molecule has 1 saturated heterocycles. The van der Waals surface area contributed by atoms with Gasteiger partial charge in [-0.15, -0.1) is 11.3 Å². The predicted octanol–water partition coefficient (Wildman–Crippen LogP) is 4.12. The molecular formula is C17H28N2S. The summed E-state index contributed by atoms with van der Waals surface area (Å²) in [5, 5.41) is 3.84. The summed E-state index contributed by atoms with van der Waals surface area (Å²) in [5.41, 5.74) is 0.393.